The normalized spacial score (nSPS) is 16.3. The second-order valence-electron chi connectivity index (χ2n) is 5.39. The predicted octanol–water partition coefficient (Wildman–Crippen LogP) is 2.19. The summed E-state index contributed by atoms with van der Waals surface area (Å²) in [5.74, 6) is 0.487. The van der Waals surface area contributed by atoms with Gasteiger partial charge in [-0.3, -0.25) is 0 Å². The molecule has 7 heteroatoms. The number of furan rings is 1. The molecule has 0 aromatic carbocycles. The molecule has 0 aliphatic carbocycles. The van der Waals surface area contributed by atoms with Crippen molar-refractivity contribution in [3.8, 4) is 0 Å². The average molecular weight is 307 g/mol. The summed E-state index contributed by atoms with van der Waals surface area (Å²) in [7, 11) is -3.35. The summed E-state index contributed by atoms with van der Waals surface area (Å²) in [6.07, 6.45) is 1.75. The van der Waals surface area contributed by atoms with Crippen molar-refractivity contribution >= 4 is 21.2 Å². The maximum atomic E-state index is 12.1. The van der Waals surface area contributed by atoms with Crippen LogP contribution in [-0.2, 0) is 21.2 Å². The minimum atomic E-state index is -3.35. The van der Waals surface area contributed by atoms with Gasteiger partial charge in [0.25, 0.3) is 0 Å². The molecule has 0 bridgehead atoms. The third kappa shape index (κ3) is 4.52. The molecule has 0 spiro atoms. The Morgan fingerprint density at radius 3 is 2.37 bits per heavy atom. The van der Waals surface area contributed by atoms with Gasteiger partial charge in [0.2, 0.25) is 14.9 Å². The van der Waals surface area contributed by atoms with E-state index >= 15 is 0 Å². The Hall–Kier alpha value is -0.500. The summed E-state index contributed by atoms with van der Waals surface area (Å²) in [6, 6.07) is 2.77. The van der Waals surface area contributed by atoms with Crippen LogP contribution in [0.2, 0.25) is 0 Å². The number of nitrogens with one attached hydrogen (secondary N) is 1. The minimum absolute atomic E-state index is 0.0655. The number of sulfone groups is 1. The first-order valence-corrected chi connectivity index (χ1v) is 9.07. The molecule has 0 aliphatic rings. The zero-order valence-electron chi connectivity index (χ0n) is 11.9. The van der Waals surface area contributed by atoms with E-state index < -0.39 is 21.2 Å². The van der Waals surface area contributed by atoms with Crippen LogP contribution in [0.4, 0.5) is 0 Å². The molecule has 1 aromatic heterocycles. The zero-order chi connectivity index (χ0) is 14.8. The Labute approximate surface area is 118 Å². The van der Waals surface area contributed by atoms with Gasteiger partial charge in [-0.25, -0.2) is 8.42 Å². The van der Waals surface area contributed by atoms with Gasteiger partial charge in [0.1, 0.15) is 16.5 Å². The van der Waals surface area contributed by atoms with Gasteiger partial charge in [-0.1, -0.05) is 6.92 Å². The second-order valence-corrected chi connectivity index (χ2v) is 9.33. The van der Waals surface area contributed by atoms with Crippen molar-refractivity contribution in [1.82, 2.24) is 4.72 Å². The first-order valence-electron chi connectivity index (χ1n) is 6.03. The summed E-state index contributed by atoms with van der Waals surface area (Å²) in [5, 5.41) is -0.0655. The summed E-state index contributed by atoms with van der Waals surface area (Å²) in [6.45, 7) is 7.52. The van der Waals surface area contributed by atoms with Crippen LogP contribution in [0.5, 0.6) is 0 Å². The smallest absolute Gasteiger partial charge is 0.217 e. The first-order chi connectivity index (χ1) is 8.55. The van der Waals surface area contributed by atoms with E-state index in [1.807, 2.05) is 27.7 Å². The van der Waals surface area contributed by atoms with E-state index in [0.29, 0.717) is 12.2 Å². The van der Waals surface area contributed by atoms with Crippen molar-refractivity contribution in [3.05, 3.63) is 17.9 Å². The molecular weight excluding hydrogens is 286 g/mol. The molecular formula is C12H21NO4S2. The van der Waals surface area contributed by atoms with Crippen molar-refractivity contribution in [2.75, 3.05) is 6.26 Å². The molecule has 2 atom stereocenters. The van der Waals surface area contributed by atoms with Gasteiger partial charge in [-0.05, 0) is 39.3 Å². The Morgan fingerprint density at radius 2 is 2.00 bits per heavy atom. The summed E-state index contributed by atoms with van der Waals surface area (Å²) >= 11 is -1.24. The lowest BCUT2D eigenvalue weighted by molar-refractivity contribution is 0.375. The quantitative estimate of drug-likeness (QED) is 0.843. The van der Waals surface area contributed by atoms with Crippen LogP contribution in [0.15, 0.2) is 21.6 Å². The lowest BCUT2D eigenvalue weighted by Crippen LogP contribution is -2.41. The van der Waals surface area contributed by atoms with E-state index in [2.05, 4.69) is 4.72 Å². The van der Waals surface area contributed by atoms with Crippen LogP contribution < -0.4 is 4.72 Å². The topological polar surface area (TPSA) is 82.4 Å². The molecule has 1 heterocycles. The van der Waals surface area contributed by atoms with E-state index in [1.165, 1.54) is 6.07 Å². The molecule has 0 radical (unpaired) electrons. The third-order valence-corrected chi connectivity index (χ3v) is 5.09. The van der Waals surface area contributed by atoms with E-state index in [-0.39, 0.29) is 15.9 Å². The Morgan fingerprint density at radius 1 is 1.42 bits per heavy atom. The van der Waals surface area contributed by atoms with E-state index in [4.69, 9.17) is 4.42 Å². The van der Waals surface area contributed by atoms with Crippen LogP contribution in [0, 0.1) is 0 Å². The van der Waals surface area contributed by atoms with Gasteiger partial charge < -0.3 is 8.97 Å². The SMILES string of the molecule is CC[C@H](N[S@+]([O-])C(C)(C)C)c1ccc(S(C)(=O)=O)o1. The highest BCUT2D eigenvalue weighted by Gasteiger charge is 2.30. The van der Waals surface area contributed by atoms with Crippen LogP contribution in [0.1, 0.15) is 45.9 Å². The molecule has 0 fully saturated rings. The fraction of sp³-hybridized carbons (Fsp3) is 0.667. The van der Waals surface area contributed by atoms with Crippen molar-refractivity contribution in [1.29, 1.82) is 0 Å². The number of hydrogen-bond acceptors (Lipinski definition) is 5. The van der Waals surface area contributed by atoms with Gasteiger partial charge in [0.05, 0.1) is 0 Å². The highest BCUT2D eigenvalue weighted by atomic mass is 32.2. The van der Waals surface area contributed by atoms with E-state index in [0.717, 1.165) is 6.26 Å². The van der Waals surface area contributed by atoms with Gasteiger partial charge in [0.15, 0.2) is 0 Å². The van der Waals surface area contributed by atoms with Crippen molar-refractivity contribution in [2.24, 2.45) is 0 Å². The fourth-order valence-electron chi connectivity index (χ4n) is 1.37. The molecule has 0 amide bonds. The lowest BCUT2D eigenvalue weighted by atomic mass is 10.2. The van der Waals surface area contributed by atoms with E-state index in [9.17, 15) is 13.0 Å². The van der Waals surface area contributed by atoms with E-state index in [1.54, 1.807) is 6.07 Å². The minimum Gasteiger partial charge on any atom is -0.598 e. The highest BCUT2D eigenvalue weighted by Crippen LogP contribution is 2.25. The van der Waals surface area contributed by atoms with Crippen molar-refractivity contribution in [3.63, 3.8) is 0 Å². The number of rotatable bonds is 5. The highest BCUT2D eigenvalue weighted by molar-refractivity contribution is 7.91. The molecule has 1 rings (SSSR count). The lowest BCUT2D eigenvalue weighted by Gasteiger charge is -2.26. The van der Waals surface area contributed by atoms with Crippen LogP contribution >= 0.6 is 0 Å². The van der Waals surface area contributed by atoms with Crippen molar-refractivity contribution < 1.29 is 17.4 Å². The Kier molecular flexibility index (Phi) is 5.11. The zero-order valence-corrected chi connectivity index (χ0v) is 13.5. The third-order valence-electron chi connectivity index (χ3n) is 2.52. The first kappa shape index (κ1) is 16.6. The average Bonchev–Trinajstić information content (AvgIpc) is 2.72. The standard InChI is InChI=1S/C12H21NO4S2/c1-6-9(13-18(14)12(2,3)4)10-7-8-11(17-10)19(5,15)16/h7-9,13H,6H2,1-5H3/t9-,18+/m0/s1. The molecule has 0 unspecified atom stereocenters. The van der Waals surface area contributed by atoms with Gasteiger partial charge in [-0.15, -0.1) is 4.72 Å². The maximum Gasteiger partial charge on any atom is 0.217 e. The molecule has 5 nitrogen and oxygen atoms in total. The number of hydrogen-bond donors (Lipinski definition) is 1. The Balaban J connectivity index is 2.90. The summed E-state index contributed by atoms with van der Waals surface area (Å²) in [5.41, 5.74) is 0. The predicted molar refractivity (Wildman–Crippen MR) is 75.9 cm³/mol. The molecule has 0 saturated carbocycles. The molecule has 110 valence electrons. The second kappa shape index (κ2) is 5.87. The molecule has 1 aromatic rings. The maximum absolute atomic E-state index is 12.1. The molecule has 1 N–H and O–H groups in total. The summed E-state index contributed by atoms with van der Waals surface area (Å²) < 4.78 is 42.7. The molecule has 0 saturated heterocycles. The monoisotopic (exact) mass is 307 g/mol. The van der Waals surface area contributed by atoms with Gasteiger partial charge >= 0.3 is 0 Å². The molecule has 19 heavy (non-hydrogen) atoms. The molecule has 0 aliphatic heterocycles. The van der Waals surface area contributed by atoms with Crippen molar-refractivity contribution in [2.45, 2.75) is 50.0 Å². The van der Waals surface area contributed by atoms with Crippen LogP contribution in [-0.4, -0.2) is 24.0 Å². The van der Waals surface area contributed by atoms with Crippen LogP contribution in [0.25, 0.3) is 0 Å². The largest absolute Gasteiger partial charge is 0.598 e. The van der Waals surface area contributed by atoms with Gasteiger partial charge in [-0.2, -0.15) is 0 Å². The summed E-state index contributed by atoms with van der Waals surface area (Å²) in [4.78, 5) is 0. The Bertz CT molecular complexity index is 516. The van der Waals surface area contributed by atoms with Crippen LogP contribution in [0.3, 0.4) is 0 Å². The fourth-order valence-corrected chi connectivity index (χ4v) is 2.83. The van der Waals surface area contributed by atoms with Gasteiger partial charge in [0, 0.05) is 17.6 Å².